The van der Waals surface area contributed by atoms with Crippen molar-refractivity contribution in [2.45, 2.75) is 149 Å². The van der Waals surface area contributed by atoms with Gasteiger partial charge in [-0.1, -0.05) is 104 Å². The Hall–Kier alpha value is -0.660. The molecule has 0 aromatic rings. The summed E-state index contributed by atoms with van der Waals surface area (Å²) >= 11 is 0. The van der Waals surface area contributed by atoms with Gasteiger partial charge in [-0.3, -0.25) is 0 Å². The van der Waals surface area contributed by atoms with Crippen molar-refractivity contribution in [3.63, 3.8) is 0 Å². The monoisotopic (exact) mass is 392 g/mol. The van der Waals surface area contributed by atoms with E-state index in [2.05, 4.69) is 49.9 Å². The first-order chi connectivity index (χ1) is 13.7. The third-order valence-corrected chi connectivity index (χ3v) is 6.34. The largest absolute Gasteiger partial charge is 0.356 e. The van der Waals surface area contributed by atoms with Crippen molar-refractivity contribution in [2.75, 3.05) is 6.54 Å². The molecular formula is C26H52N2. The lowest BCUT2D eigenvalue weighted by Gasteiger charge is -2.35. The van der Waals surface area contributed by atoms with E-state index in [-0.39, 0.29) is 0 Å². The topological polar surface area (TPSA) is 6.48 Å². The molecule has 1 atom stereocenters. The summed E-state index contributed by atoms with van der Waals surface area (Å²) in [6, 6.07) is 0.610. The molecular weight excluding hydrogens is 340 g/mol. The molecule has 1 aliphatic heterocycles. The molecule has 0 saturated heterocycles. The molecule has 0 aromatic heterocycles. The Kier molecular flexibility index (Phi) is 15.6. The Morgan fingerprint density at radius 1 is 0.607 bits per heavy atom. The van der Waals surface area contributed by atoms with Crippen LogP contribution in [0.4, 0.5) is 0 Å². The minimum Gasteiger partial charge on any atom is -0.356 e. The molecule has 1 rings (SSSR count). The van der Waals surface area contributed by atoms with Crippen molar-refractivity contribution < 1.29 is 0 Å². The maximum Gasteiger partial charge on any atom is 0.101 e. The molecule has 1 unspecified atom stereocenters. The lowest BCUT2D eigenvalue weighted by molar-refractivity contribution is 0.114. The standard InChI is InChI=1S/C26H52N2/c1-5-7-9-11-13-14-16-18-20-22-27-23-24-28(25(3)4)26(27)21-19-17-15-12-10-8-6-2/h23-26H,5-22H2,1-4H3. The Bertz CT molecular complexity index is 363. The highest BCUT2D eigenvalue weighted by Gasteiger charge is 2.26. The first-order valence-electron chi connectivity index (χ1n) is 12.9. The van der Waals surface area contributed by atoms with E-state index in [0.29, 0.717) is 12.2 Å². The summed E-state index contributed by atoms with van der Waals surface area (Å²) in [5, 5.41) is 0. The van der Waals surface area contributed by atoms with E-state index in [0.717, 1.165) is 0 Å². The second-order valence-electron chi connectivity index (χ2n) is 9.30. The van der Waals surface area contributed by atoms with Crippen LogP contribution in [0.15, 0.2) is 12.4 Å². The van der Waals surface area contributed by atoms with Crippen LogP contribution in [0.1, 0.15) is 137 Å². The predicted octanol–water partition coefficient (Wildman–Crippen LogP) is 8.48. The van der Waals surface area contributed by atoms with Gasteiger partial charge in [0.15, 0.2) is 0 Å². The normalized spacial score (nSPS) is 16.7. The summed E-state index contributed by atoms with van der Waals surface area (Å²) in [4.78, 5) is 5.23. The Labute approximate surface area is 178 Å². The fourth-order valence-electron chi connectivity index (χ4n) is 4.48. The summed E-state index contributed by atoms with van der Waals surface area (Å²) in [5.74, 6) is 0. The van der Waals surface area contributed by atoms with Gasteiger partial charge >= 0.3 is 0 Å². The maximum absolute atomic E-state index is 2.64. The van der Waals surface area contributed by atoms with Crippen LogP contribution in [-0.4, -0.2) is 28.6 Å². The molecule has 1 aliphatic rings. The van der Waals surface area contributed by atoms with Crippen LogP contribution in [0.2, 0.25) is 0 Å². The zero-order valence-electron chi connectivity index (χ0n) is 19.9. The Morgan fingerprint density at radius 2 is 1.07 bits per heavy atom. The maximum atomic E-state index is 2.64. The van der Waals surface area contributed by atoms with Gasteiger partial charge in [-0.25, -0.2) is 0 Å². The summed E-state index contributed by atoms with van der Waals surface area (Å²) in [6.45, 7) is 10.5. The first kappa shape index (κ1) is 25.4. The number of rotatable bonds is 19. The van der Waals surface area contributed by atoms with Gasteiger partial charge in [0.25, 0.3) is 0 Å². The van der Waals surface area contributed by atoms with Gasteiger partial charge in [-0.15, -0.1) is 0 Å². The van der Waals surface area contributed by atoms with Crippen LogP contribution < -0.4 is 0 Å². The second kappa shape index (κ2) is 17.2. The minimum atomic E-state index is 0.610. The quantitative estimate of drug-likeness (QED) is 0.203. The summed E-state index contributed by atoms with van der Waals surface area (Å²) in [6.07, 6.45) is 29.3. The summed E-state index contributed by atoms with van der Waals surface area (Å²) in [5.41, 5.74) is 0. The molecule has 0 bridgehead atoms. The fourth-order valence-corrected chi connectivity index (χ4v) is 4.48. The SMILES string of the molecule is CCCCCCCCCCCN1C=CN(C(C)C)C1CCCCCCCCC. The number of nitrogens with zero attached hydrogens (tertiary/aromatic N) is 2. The highest BCUT2D eigenvalue weighted by Crippen LogP contribution is 2.24. The van der Waals surface area contributed by atoms with Gasteiger partial charge in [-0.2, -0.15) is 0 Å². The smallest absolute Gasteiger partial charge is 0.101 e. The Morgan fingerprint density at radius 3 is 1.57 bits per heavy atom. The molecule has 0 aromatic carbocycles. The molecule has 1 heterocycles. The highest BCUT2D eigenvalue weighted by molar-refractivity contribution is 4.98. The van der Waals surface area contributed by atoms with Crippen LogP contribution in [0, 0.1) is 0 Å². The average Bonchev–Trinajstić information content (AvgIpc) is 3.09. The van der Waals surface area contributed by atoms with E-state index in [1.54, 1.807) is 0 Å². The van der Waals surface area contributed by atoms with Gasteiger partial charge < -0.3 is 9.80 Å². The molecule has 28 heavy (non-hydrogen) atoms. The molecule has 2 heteroatoms. The van der Waals surface area contributed by atoms with E-state index in [9.17, 15) is 0 Å². The second-order valence-corrected chi connectivity index (χ2v) is 9.30. The van der Waals surface area contributed by atoms with Crippen LogP contribution >= 0.6 is 0 Å². The van der Waals surface area contributed by atoms with Crippen LogP contribution in [0.25, 0.3) is 0 Å². The molecule has 0 amide bonds. The molecule has 2 nitrogen and oxygen atoms in total. The minimum absolute atomic E-state index is 0.610. The molecule has 166 valence electrons. The third kappa shape index (κ3) is 11.4. The van der Waals surface area contributed by atoms with Crippen LogP contribution in [-0.2, 0) is 0 Å². The van der Waals surface area contributed by atoms with Crippen LogP contribution in [0.3, 0.4) is 0 Å². The van der Waals surface area contributed by atoms with Gasteiger partial charge in [0.2, 0.25) is 0 Å². The van der Waals surface area contributed by atoms with Gasteiger partial charge in [-0.05, 0) is 33.1 Å². The zero-order chi connectivity index (χ0) is 20.5. The molecule has 0 radical (unpaired) electrons. The van der Waals surface area contributed by atoms with E-state index in [1.165, 1.54) is 116 Å². The number of hydrogen-bond donors (Lipinski definition) is 0. The van der Waals surface area contributed by atoms with E-state index < -0.39 is 0 Å². The van der Waals surface area contributed by atoms with Crippen molar-refractivity contribution in [3.05, 3.63) is 12.4 Å². The van der Waals surface area contributed by atoms with Gasteiger partial charge in [0.1, 0.15) is 6.17 Å². The predicted molar refractivity (Wildman–Crippen MR) is 126 cm³/mol. The molecule has 0 aliphatic carbocycles. The third-order valence-electron chi connectivity index (χ3n) is 6.34. The van der Waals surface area contributed by atoms with Crippen molar-refractivity contribution in [1.29, 1.82) is 0 Å². The fraction of sp³-hybridized carbons (Fsp3) is 0.923. The Balaban J connectivity index is 2.16. The van der Waals surface area contributed by atoms with Gasteiger partial charge in [0, 0.05) is 25.0 Å². The van der Waals surface area contributed by atoms with Crippen molar-refractivity contribution in [3.8, 4) is 0 Å². The van der Waals surface area contributed by atoms with Crippen LogP contribution in [0.5, 0.6) is 0 Å². The lowest BCUT2D eigenvalue weighted by atomic mass is 10.1. The van der Waals surface area contributed by atoms with Gasteiger partial charge in [0.05, 0.1) is 0 Å². The van der Waals surface area contributed by atoms with E-state index in [1.807, 2.05) is 0 Å². The first-order valence-corrected chi connectivity index (χ1v) is 12.9. The number of hydrogen-bond acceptors (Lipinski definition) is 2. The summed E-state index contributed by atoms with van der Waals surface area (Å²) in [7, 11) is 0. The molecule has 0 fully saturated rings. The summed E-state index contributed by atoms with van der Waals surface area (Å²) < 4.78 is 0. The number of unbranched alkanes of at least 4 members (excludes halogenated alkanes) is 14. The average molecular weight is 393 g/mol. The van der Waals surface area contributed by atoms with E-state index >= 15 is 0 Å². The van der Waals surface area contributed by atoms with Crippen molar-refractivity contribution >= 4 is 0 Å². The zero-order valence-corrected chi connectivity index (χ0v) is 19.9. The molecule has 0 spiro atoms. The molecule has 0 N–H and O–H groups in total. The van der Waals surface area contributed by atoms with Crippen molar-refractivity contribution in [1.82, 2.24) is 9.80 Å². The highest BCUT2D eigenvalue weighted by atomic mass is 15.4. The van der Waals surface area contributed by atoms with Crippen molar-refractivity contribution in [2.24, 2.45) is 0 Å². The lowest BCUT2D eigenvalue weighted by Crippen LogP contribution is -2.42. The van der Waals surface area contributed by atoms with E-state index in [4.69, 9.17) is 0 Å². The molecule has 0 saturated carbocycles.